The van der Waals surface area contributed by atoms with Gasteiger partial charge < -0.3 is 14.7 Å². The first-order chi connectivity index (χ1) is 8.09. The smallest absolute Gasteiger partial charge is 0.339 e. The quantitative estimate of drug-likeness (QED) is 0.857. The van der Waals surface area contributed by atoms with Crippen LogP contribution in [0.1, 0.15) is 22.5 Å². The molecule has 1 aromatic heterocycles. The highest BCUT2D eigenvalue weighted by atomic mass is 16.5. The average Bonchev–Trinajstić information content (AvgIpc) is 2.80. The molecular weight excluding hydrogens is 220 g/mol. The van der Waals surface area contributed by atoms with E-state index in [-0.39, 0.29) is 11.6 Å². The summed E-state index contributed by atoms with van der Waals surface area (Å²) in [7, 11) is 1.90. The van der Waals surface area contributed by atoms with Gasteiger partial charge in [0.1, 0.15) is 5.56 Å². The second-order valence-corrected chi connectivity index (χ2v) is 4.28. The molecular formula is C12H16N2O3. The molecule has 1 fully saturated rings. The van der Waals surface area contributed by atoms with Gasteiger partial charge in [-0.25, -0.2) is 4.79 Å². The maximum atomic E-state index is 11.2. The van der Waals surface area contributed by atoms with E-state index in [2.05, 4.69) is 4.98 Å². The van der Waals surface area contributed by atoms with Crippen LogP contribution >= 0.6 is 0 Å². The standard InChI is InChI=1S/C12H16N2O3/c1-8-5-11(10(6-13-8)12(15)16)14(2)9-3-4-17-7-9/h5-6,9H,3-4,7H2,1-2H3,(H,15,16). The molecule has 0 bridgehead atoms. The fraction of sp³-hybridized carbons (Fsp3) is 0.500. The van der Waals surface area contributed by atoms with Crippen molar-refractivity contribution in [2.24, 2.45) is 0 Å². The summed E-state index contributed by atoms with van der Waals surface area (Å²) < 4.78 is 5.33. The number of pyridine rings is 1. The Hall–Kier alpha value is -1.62. The second kappa shape index (κ2) is 4.71. The third kappa shape index (κ3) is 2.39. The maximum absolute atomic E-state index is 11.2. The van der Waals surface area contributed by atoms with Gasteiger partial charge in [-0.3, -0.25) is 4.98 Å². The molecule has 5 nitrogen and oxygen atoms in total. The Bertz CT molecular complexity index is 428. The fourth-order valence-corrected chi connectivity index (χ4v) is 2.03. The zero-order chi connectivity index (χ0) is 12.4. The van der Waals surface area contributed by atoms with Gasteiger partial charge in [0.05, 0.1) is 18.3 Å². The maximum Gasteiger partial charge on any atom is 0.339 e. The van der Waals surface area contributed by atoms with Gasteiger partial charge in [-0.2, -0.15) is 0 Å². The number of hydrogen-bond acceptors (Lipinski definition) is 4. The van der Waals surface area contributed by atoms with Crippen LogP contribution in [-0.2, 0) is 4.74 Å². The number of anilines is 1. The van der Waals surface area contributed by atoms with Gasteiger partial charge >= 0.3 is 5.97 Å². The highest BCUT2D eigenvalue weighted by Gasteiger charge is 2.24. The topological polar surface area (TPSA) is 62.7 Å². The van der Waals surface area contributed by atoms with Crippen LogP contribution in [0.5, 0.6) is 0 Å². The molecule has 0 amide bonds. The first-order valence-electron chi connectivity index (χ1n) is 5.60. The van der Waals surface area contributed by atoms with Gasteiger partial charge in [-0.05, 0) is 19.4 Å². The minimum Gasteiger partial charge on any atom is -0.478 e. The van der Waals surface area contributed by atoms with Crippen LogP contribution in [0, 0.1) is 6.92 Å². The van der Waals surface area contributed by atoms with Crippen molar-refractivity contribution in [2.75, 3.05) is 25.2 Å². The molecule has 1 atom stereocenters. The summed E-state index contributed by atoms with van der Waals surface area (Å²) in [5.41, 5.74) is 1.77. The molecule has 1 saturated heterocycles. The summed E-state index contributed by atoms with van der Waals surface area (Å²) in [6.45, 7) is 3.24. The summed E-state index contributed by atoms with van der Waals surface area (Å²) in [6.07, 6.45) is 2.34. The van der Waals surface area contributed by atoms with E-state index in [4.69, 9.17) is 9.84 Å². The summed E-state index contributed by atoms with van der Waals surface area (Å²) in [6, 6.07) is 2.05. The lowest BCUT2D eigenvalue weighted by Gasteiger charge is -2.26. The van der Waals surface area contributed by atoms with Crippen LogP contribution in [0.4, 0.5) is 5.69 Å². The Labute approximate surface area is 100 Å². The average molecular weight is 236 g/mol. The Balaban J connectivity index is 2.34. The monoisotopic (exact) mass is 236 g/mol. The third-order valence-electron chi connectivity index (χ3n) is 3.08. The second-order valence-electron chi connectivity index (χ2n) is 4.28. The number of ether oxygens (including phenoxy) is 1. The van der Waals surface area contributed by atoms with Crippen LogP contribution in [-0.4, -0.2) is 42.4 Å². The first-order valence-corrected chi connectivity index (χ1v) is 5.60. The van der Waals surface area contributed by atoms with Crippen LogP contribution < -0.4 is 4.90 Å². The molecule has 1 unspecified atom stereocenters. The molecule has 0 radical (unpaired) electrons. The van der Waals surface area contributed by atoms with E-state index < -0.39 is 5.97 Å². The number of carboxylic acids is 1. The van der Waals surface area contributed by atoms with Gasteiger partial charge in [-0.15, -0.1) is 0 Å². The summed E-state index contributed by atoms with van der Waals surface area (Å²) >= 11 is 0. The number of nitrogens with zero attached hydrogens (tertiary/aromatic N) is 2. The number of aryl methyl sites for hydroxylation is 1. The van der Waals surface area contributed by atoms with Crippen molar-refractivity contribution in [2.45, 2.75) is 19.4 Å². The molecule has 1 N–H and O–H groups in total. The zero-order valence-corrected chi connectivity index (χ0v) is 10.0. The molecule has 2 rings (SSSR count). The van der Waals surface area contributed by atoms with E-state index >= 15 is 0 Å². The molecule has 1 aromatic rings. The molecule has 17 heavy (non-hydrogen) atoms. The van der Waals surface area contributed by atoms with E-state index in [1.807, 2.05) is 24.9 Å². The lowest BCUT2D eigenvalue weighted by Crippen LogP contribution is -2.33. The van der Waals surface area contributed by atoms with Crippen molar-refractivity contribution >= 4 is 11.7 Å². The molecule has 0 saturated carbocycles. The summed E-state index contributed by atoms with van der Waals surface area (Å²) in [5.74, 6) is -0.946. The minimum atomic E-state index is -0.946. The van der Waals surface area contributed by atoms with Crippen LogP contribution in [0.3, 0.4) is 0 Å². The van der Waals surface area contributed by atoms with Crippen molar-refractivity contribution in [3.63, 3.8) is 0 Å². The van der Waals surface area contributed by atoms with E-state index in [9.17, 15) is 4.79 Å². The number of aromatic nitrogens is 1. The molecule has 0 spiro atoms. The highest BCUT2D eigenvalue weighted by Crippen LogP contribution is 2.24. The van der Waals surface area contributed by atoms with Crippen LogP contribution in [0.2, 0.25) is 0 Å². The van der Waals surface area contributed by atoms with Crippen LogP contribution in [0.25, 0.3) is 0 Å². The highest BCUT2D eigenvalue weighted by molar-refractivity contribution is 5.94. The predicted molar refractivity (Wildman–Crippen MR) is 63.6 cm³/mol. The molecule has 92 valence electrons. The minimum absolute atomic E-state index is 0.241. The van der Waals surface area contributed by atoms with E-state index in [1.54, 1.807) is 0 Å². The number of hydrogen-bond donors (Lipinski definition) is 1. The van der Waals surface area contributed by atoms with Crippen LogP contribution in [0.15, 0.2) is 12.3 Å². The van der Waals surface area contributed by atoms with E-state index in [1.165, 1.54) is 6.20 Å². The fourth-order valence-electron chi connectivity index (χ4n) is 2.03. The lowest BCUT2D eigenvalue weighted by atomic mass is 10.1. The Morgan fingerprint density at radius 2 is 2.41 bits per heavy atom. The molecule has 1 aliphatic rings. The molecule has 1 aliphatic heterocycles. The largest absolute Gasteiger partial charge is 0.478 e. The van der Waals surface area contributed by atoms with Crippen molar-refractivity contribution in [1.82, 2.24) is 4.98 Å². The van der Waals surface area contributed by atoms with E-state index in [0.717, 1.165) is 18.7 Å². The number of likely N-dealkylation sites (N-methyl/N-ethyl adjacent to an activating group) is 1. The Kier molecular flexibility index (Phi) is 3.28. The number of carboxylic acid groups (broad SMARTS) is 1. The van der Waals surface area contributed by atoms with Crippen molar-refractivity contribution < 1.29 is 14.6 Å². The van der Waals surface area contributed by atoms with Gasteiger partial charge in [0.15, 0.2) is 0 Å². The molecule has 0 aliphatic carbocycles. The number of rotatable bonds is 3. The molecule has 5 heteroatoms. The summed E-state index contributed by atoms with van der Waals surface area (Å²) in [4.78, 5) is 17.2. The number of aromatic carboxylic acids is 1. The lowest BCUT2D eigenvalue weighted by molar-refractivity contribution is 0.0697. The Morgan fingerprint density at radius 3 is 3.00 bits per heavy atom. The molecule has 0 aromatic carbocycles. The SMILES string of the molecule is Cc1cc(N(C)C2CCOC2)c(C(=O)O)cn1. The van der Waals surface area contributed by atoms with Crippen molar-refractivity contribution in [1.29, 1.82) is 0 Å². The van der Waals surface area contributed by atoms with Crippen molar-refractivity contribution in [3.8, 4) is 0 Å². The van der Waals surface area contributed by atoms with Gasteiger partial charge in [0.2, 0.25) is 0 Å². The van der Waals surface area contributed by atoms with Crippen molar-refractivity contribution in [3.05, 3.63) is 23.5 Å². The zero-order valence-electron chi connectivity index (χ0n) is 10.0. The van der Waals surface area contributed by atoms with E-state index in [0.29, 0.717) is 12.3 Å². The van der Waals surface area contributed by atoms with Gasteiger partial charge in [0, 0.05) is 25.5 Å². The predicted octanol–water partition coefficient (Wildman–Crippen LogP) is 1.31. The van der Waals surface area contributed by atoms with Gasteiger partial charge in [0.25, 0.3) is 0 Å². The third-order valence-corrected chi connectivity index (χ3v) is 3.08. The summed E-state index contributed by atoms with van der Waals surface area (Å²) in [5, 5.41) is 9.15. The first kappa shape index (κ1) is 11.9. The Morgan fingerprint density at radius 1 is 1.65 bits per heavy atom. The molecule has 2 heterocycles. The number of carbonyl (C=O) groups is 1. The van der Waals surface area contributed by atoms with Gasteiger partial charge in [-0.1, -0.05) is 0 Å². The normalized spacial score (nSPS) is 19.3.